The van der Waals surface area contributed by atoms with Gasteiger partial charge in [0, 0.05) is 19.3 Å². The summed E-state index contributed by atoms with van der Waals surface area (Å²) in [5.74, 6) is -1.18. The van der Waals surface area contributed by atoms with Crippen LogP contribution in [0.25, 0.3) is 0 Å². The second-order valence-electron chi connectivity index (χ2n) is 6.49. The zero-order valence-electron chi connectivity index (χ0n) is 14.6. The number of hydrogen-bond acceptors (Lipinski definition) is 3. The lowest BCUT2D eigenvalue weighted by atomic mass is 9.96. The number of piperidine rings is 1. The summed E-state index contributed by atoms with van der Waals surface area (Å²) in [4.78, 5) is 31.0. The Balaban J connectivity index is 1.72. The van der Waals surface area contributed by atoms with Crippen LogP contribution in [0.4, 0.5) is 10.2 Å². The van der Waals surface area contributed by atoms with E-state index in [1.54, 1.807) is 12.3 Å². The highest BCUT2D eigenvalue weighted by molar-refractivity contribution is 6.36. The second-order valence-corrected chi connectivity index (χ2v) is 7.31. The fourth-order valence-electron chi connectivity index (χ4n) is 3.07. The number of aromatic nitrogens is 1. The van der Waals surface area contributed by atoms with Crippen LogP contribution in [0.3, 0.4) is 0 Å². The van der Waals surface area contributed by atoms with Gasteiger partial charge in [-0.1, -0.05) is 29.3 Å². The molecule has 0 saturated carbocycles. The van der Waals surface area contributed by atoms with E-state index in [9.17, 15) is 14.0 Å². The molecular formula is C19H18Cl2FN3O2. The molecule has 1 atom stereocenters. The molecule has 2 aromatic rings. The summed E-state index contributed by atoms with van der Waals surface area (Å²) >= 11 is 11.7. The number of likely N-dealkylation sites (tertiary alicyclic amines) is 1. The molecule has 1 aromatic carbocycles. The predicted octanol–water partition coefficient (Wildman–Crippen LogP) is 4.33. The van der Waals surface area contributed by atoms with Crippen LogP contribution < -0.4 is 5.32 Å². The van der Waals surface area contributed by atoms with Crippen molar-refractivity contribution in [1.82, 2.24) is 9.88 Å². The van der Waals surface area contributed by atoms with Crippen LogP contribution in [0.2, 0.25) is 10.0 Å². The van der Waals surface area contributed by atoms with Crippen LogP contribution >= 0.6 is 23.2 Å². The van der Waals surface area contributed by atoms with E-state index in [1.807, 2.05) is 13.0 Å². The van der Waals surface area contributed by atoms with E-state index >= 15 is 0 Å². The number of carbonyl (C=O) groups is 2. The van der Waals surface area contributed by atoms with Gasteiger partial charge in [0.05, 0.1) is 21.5 Å². The average molecular weight is 410 g/mol. The maximum absolute atomic E-state index is 13.7. The number of pyridine rings is 1. The molecule has 1 fully saturated rings. The number of carbonyl (C=O) groups excluding carboxylic acids is 2. The molecule has 0 bridgehead atoms. The van der Waals surface area contributed by atoms with Crippen molar-refractivity contribution < 1.29 is 14.0 Å². The lowest BCUT2D eigenvalue weighted by Crippen LogP contribution is -2.44. The van der Waals surface area contributed by atoms with Gasteiger partial charge in [-0.05, 0) is 43.5 Å². The Labute approximate surface area is 166 Å². The van der Waals surface area contributed by atoms with Crippen molar-refractivity contribution >= 4 is 40.8 Å². The van der Waals surface area contributed by atoms with Crippen LogP contribution in [0.15, 0.2) is 30.5 Å². The number of halogens is 3. The summed E-state index contributed by atoms with van der Waals surface area (Å²) < 4.78 is 13.7. The largest absolute Gasteiger partial charge is 0.338 e. The van der Waals surface area contributed by atoms with Crippen LogP contribution in [0.1, 0.15) is 28.8 Å². The number of nitrogens with one attached hydrogen (secondary N) is 1. The van der Waals surface area contributed by atoms with Gasteiger partial charge in [-0.3, -0.25) is 9.59 Å². The molecule has 0 aliphatic carbocycles. The zero-order valence-corrected chi connectivity index (χ0v) is 16.1. The van der Waals surface area contributed by atoms with Gasteiger partial charge in [0.25, 0.3) is 5.91 Å². The molecule has 2 amide bonds. The summed E-state index contributed by atoms with van der Waals surface area (Å²) in [5, 5.41) is 2.76. The van der Waals surface area contributed by atoms with Crippen LogP contribution in [0, 0.1) is 18.7 Å². The van der Waals surface area contributed by atoms with Gasteiger partial charge in [0.2, 0.25) is 5.91 Å². The lowest BCUT2D eigenvalue weighted by Gasteiger charge is -2.32. The van der Waals surface area contributed by atoms with Crippen molar-refractivity contribution in [2.45, 2.75) is 19.8 Å². The molecule has 0 spiro atoms. The quantitative estimate of drug-likeness (QED) is 0.767. The monoisotopic (exact) mass is 409 g/mol. The number of amides is 2. The first-order valence-electron chi connectivity index (χ1n) is 8.53. The Morgan fingerprint density at radius 3 is 2.81 bits per heavy atom. The molecule has 1 aliphatic rings. The molecule has 142 valence electrons. The van der Waals surface area contributed by atoms with Gasteiger partial charge >= 0.3 is 0 Å². The summed E-state index contributed by atoms with van der Waals surface area (Å²) in [5.41, 5.74) is 0.901. The Bertz CT molecular complexity index is 891. The second kappa shape index (κ2) is 8.23. The summed E-state index contributed by atoms with van der Waals surface area (Å²) in [7, 11) is 0. The van der Waals surface area contributed by atoms with Crippen molar-refractivity contribution in [2.75, 3.05) is 18.4 Å². The molecule has 1 saturated heterocycles. The number of benzene rings is 1. The zero-order chi connectivity index (χ0) is 19.6. The van der Waals surface area contributed by atoms with Gasteiger partial charge < -0.3 is 10.2 Å². The van der Waals surface area contributed by atoms with E-state index in [4.69, 9.17) is 23.2 Å². The molecule has 1 N–H and O–H groups in total. The van der Waals surface area contributed by atoms with Gasteiger partial charge in [-0.15, -0.1) is 0 Å². The minimum absolute atomic E-state index is 0.0418. The maximum atomic E-state index is 13.7. The minimum atomic E-state index is -0.707. The molecule has 2 heterocycles. The molecule has 5 nitrogen and oxygen atoms in total. The summed E-state index contributed by atoms with van der Waals surface area (Å²) in [6.45, 7) is 2.57. The van der Waals surface area contributed by atoms with Crippen molar-refractivity contribution in [3.05, 3.63) is 57.5 Å². The number of anilines is 1. The molecule has 1 aliphatic heterocycles. The molecule has 3 rings (SSSR count). The van der Waals surface area contributed by atoms with Crippen LogP contribution in [0.5, 0.6) is 0 Å². The van der Waals surface area contributed by atoms with Crippen molar-refractivity contribution in [1.29, 1.82) is 0 Å². The van der Waals surface area contributed by atoms with Crippen molar-refractivity contribution in [3.8, 4) is 0 Å². The van der Waals surface area contributed by atoms with E-state index < -0.39 is 11.7 Å². The Kier molecular flexibility index (Phi) is 5.97. The molecular weight excluding hydrogens is 392 g/mol. The van der Waals surface area contributed by atoms with E-state index in [-0.39, 0.29) is 34.0 Å². The third-order valence-corrected chi connectivity index (χ3v) is 5.17. The lowest BCUT2D eigenvalue weighted by molar-refractivity contribution is -0.121. The first kappa shape index (κ1) is 19.6. The fraction of sp³-hybridized carbons (Fsp3) is 0.316. The van der Waals surface area contributed by atoms with E-state index in [1.165, 1.54) is 11.0 Å². The number of nitrogens with zero attached hydrogens (tertiary/aromatic N) is 2. The standard InChI is InChI=1S/C19H18Cl2FN3O2/c1-11-4-2-6-23-17(11)24-18(26)12-5-3-7-25(10-12)19(27)13-8-16(22)15(21)9-14(13)20/h2,4,6,8-9,12H,3,5,7,10H2,1H3,(H,23,24,26). The van der Waals surface area contributed by atoms with Gasteiger partial charge in [-0.25, -0.2) is 9.37 Å². The average Bonchev–Trinajstić information content (AvgIpc) is 2.66. The number of rotatable bonds is 3. The minimum Gasteiger partial charge on any atom is -0.338 e. The third-order valence-electron chi connectivity index (χ3n) is 4.57. The Hall–Kier alpha value is -2.18. The topological polar surface area (TPSA) is 62.3 Å². The molecule has 1 unspecified atom stereocenters. The summed E-state index contributed by atoms with van der Waals surface area (Å²) in [6.07, 6.45) is 2.93. The first-order chi connectivity index (χ1) is 12.9. The normalized spacial score (nSPS) is 16.9. The SMILES string of the molecule is Cc1cccnc1NC(=O)C1CCCN(C(=O)c2cc(F)c(Cl)cc2Cl)C1. The molecule has 1 aromatic heterocycles. The van der Waals surface area contributed by atoms with E-state index in [0.29, 0.717) is 25.2 Å². The van der Waals surface area contributed by atoms with Gasteiger partial charge in [-0.2, -0.15) is 0 Å². The highest BCUT2D eigenvalue weighted by atomic mass is 35.5. The maximum Gasteiger partial charge on any atom is 0.255 e. The van der Waals surface area contributed by atoms with Crippen LogP contribution in [-0.4, -0.2) is 34.8 Å². The summed E-state index contributed by atoms with van der Waals surface area (Å²) in [6, 6.07) is 5.90. The number of aryl methyl sites for hydroxylation is 1. The Morgan fingerprint density at radius 2 is 2.07 bits per heavy atom. The Morgan fingerprint density at radius 1 is 1.30 bits per heavy atom. The highest BCUT2D eigenvalue weighted by Gasteiger charge is 2.30. The number of hydrogen-bond donors (Lipinski definition) is 1. The molecule has 27 heavy (non-hydrogen) atoms. The van der Waals surface area contributed by atoms with E-state index in [0.717, 1.165) is 11.6 Å². The third kappa shape index (κ3) is 4.39. The van der Waals surface area contributed by atoms with E-state index in [2.05, 4.69) is 10.3 Å². The van der Waals surface area contributed by atoms with Crippen molar-refractivity contribution in [3.63, 3.8) is 0 Å². The first-order valence-corrected chi connectivity index (χ1v) is 9.28. The smallest absolute Gasteiger partial charge is 0.255 e. The van der Waals surface area contributed by atoms with Crippen molar-refractivity contribution in [2.24, 2.45) is 5.92 Å². The molecule has 0 radical (unpaired) electrons. The molecule has 8 heteroatoms. The van der Waals surface area contributed by atoms with Crippen LogP contribution in [-0.2, 0) is 4.79 Å². The van der Waals surface area contributed by atoms with Gasteiger partial charge in [0.1, 0.15) is 11.6 Å². The predicted molar refractivity (Wildman–Crippen MR) is 103 cm³/mol. The highest BCUT2D eigenvalue weighted by Crippen LogP contribution is 2.27. The fourth-order valence-corrected chi connectivity index (χ4v) is 3.53. The van der Waals surface area contributed by atoms with Gasteiger partial charge in [0.15, 0.2) is 0 Å².